The molecule has 3 aromatic rings. The van der Waals surface area contributed by atoms with Crippen LogP contribution in [0.15, 0.2) is 30.3 Å². The van der Waals surface area contributed by atoms with Gasteiger partial charge in [0.05, 0.1) is 28.9 Å². The van der Waals surface area contributed by atoms with Crippen molar-refractivity contribution < 1.29 is 23.1 Å². The fourth-order valence-electron chi connectivity index (χ4n) is 3.08. The van der Waals surface area contributed by atoms with Crippen LogP contribution < -0.4 is 15.6 Å². The van der Waals surface area contributed by atoms with Crippen LogP contribution in [0.5, 0.6) is 5.88 Å². The topological polar surface area (TPSA) is 88.0 Å². The molecule has 3 rings (SSSR count). The van der Waals surface area contributed by atoms with Crippen LogP contribution in [0.1, 0.15) is 27.2 Å². The fourth-order valence-corrected chi connectivity index (χ4v) is 3.08. The molecule has 1 aromatic carbocycles. The van der Waals surface area contributed by atoms with Crippen molar-refractivity contribution >= 4 is 17.3 Å². The third-order valence-corrected chi connectivity index (χ3v) is 4.45. The molecule has 0 bridgehead atoms. The van der Waals surface area contributed by atoms with E-state index >= 15 is 0 Å². The van der Waals surface area contributed by atoms with Crippen molar-refractivity contribution in [1.82, 2.24) is 25.4 Å². The lowest BCUT2D eigenvalue weighted by Gasteiger charge is -2.12. The standard InChI is InChI=1S/C21H23F2N5O3/c1-12-8-17-20(21(30)25-24-18(29)10-27(3)4)13(2)26-28(17)19(9-12)31-11-14-15(22)6-5-7-16(14)23/h5-9H,10-11H2,1-4H3,(H,24,29)(H,25,30). The van der Waals surface area contributed by atoms with Gasteiger partial charge in [-0.05, 0) is 51.7 Å². The van der Waals surface area contributed by atoms with Crippen LogP contribution in [0.4, 0.5) is 8.78 Å². The Morgan fingerprint density at radius 2 is 1.81 bits per heavy atom. The van der Waals surface area contributed by atoms with Gasteiger partial charge in [-0.1, -0.05) is 6.07 Å². The molecule has 0 fully saturated rings. The first kappa shape index (κ1) is 22.2. The summed E-state index contributed by atoms with van der Waals surface area (Å²) < 4.78 is 34.9. The van der Waals surface area contributed by atoms with Gasteiger partial charge in [0, 0.05) is 6.07 Å². The number of ether oxygens (including phenoxy) is 1. The number of halogens is 2. The summed E-state index contributed by atoms with van der Waals surface area (Å²) in [4.78, 5) is 26.1. The van der Waals surface area contributed by atoms with Crippen LogP contribution in [-0.4, -0.2) is 47.0 Å². The molecular weight excluding hydrogens is 408 g/mol. The van der Waals surface area contributed by atoms with Crippen molar-refractivity contribution in [2.75, 3.05) is 20.6 Å². The van der Waals surface area contributed by atoms with E-state index in [4.69, 9.17) is 4.74 Å². The number of rotatable bonds is 6. The summed E-state index contributed by atoms with van der Waals surface area (Å²) in [7, 11) is 3.46. The molecule has 2 amide bonds. The first-order valence-corrected chi connectivity index (χ1v) is 9.47. The third kappa shape index (κ3) is 4.97. The number of aryl methyl sites for hydroxylation is 2. The van der Waals surface area contributed by atoms with Gasteiger partial charge in [0.2, 0.25) is 5.88 Å². The normalized spacial score (nSPS) is 11.1. The SMILES string of the molecule is Cc1cc(OCc2c(F)cccc2F)n2nc(C)c(C(=O)NNC(=O)CN(C)C)c2c1. The molecule has 10 heteroatoms. The highest BCUT2D eigenvalue weighted by atomic mass is 19.1. The van der Waals surface area contributed by atoms with Gasteiger partial charge in [0.15, 0.2) is 0 Å². The molecule has 31 heavy (non-hydrogen) atoms. The summed E-state index contributed by atoms with van der Waals surface area (Å²) in [6.45, 7) is 3.19. The lowest BCUT2D eigenvalue weighted by Crippen LogP contribution is -2.45. The number of hydrogen-bond acceptors (Lipinski definition) is 5. The summed E-state index contributed by atoms with van der Waals surface area (Å²) in [5.41, 5.74) is 6.35. The predicted octanol–water partition coefficient (Wildman–Crippen LogP) is 2.13. The van der Waals surface area contributed by atoms with E-state index in [1.165, 1.54) is 10.6 Å². The van der Waals surface area contributed by atoms with E-state index in [0.717, 1.165) is 17.7 Å². The lowest BCUT2D eigenvalue weighted by molar-refractivity contribution is -0.122. The van der Waals surface area contributed by atoms with Gasteiger partial charge in [-0.2, -0.15) is 9.61 Å². The van der Waals surface area contributed by atoms with Crippen LogP contribution in [0.2, 0.25) is 0 Å². The lowest BCUT2D eigenvalue weighted by atomic mass is 10.1. The van der Waals surface area contributed by atoms with Crippen molar-refractivity contribution in [2.45, 2.75) is 20.5 Å². The number of benzene rings is 1. The Morgan fingerprint density at radius 3 is 2.45 bits per heavy atom. The van der Waals surface area contributed by atoms with E-state index in [2.05, 4.69) is 16.0 Å². The van der Waals surface area contributed by atoms with Gasteiger partial charge in [-0.15, -0.1) is 0 Å². The Bertz CT molecular complexity index is 1120. The van der Waals surface area contributed by atoms with Crippen LogP contribution in [0.25, 0.3) is 5.52 Å². The van der Waals surface area contributed by atoms with Gasteiger partial charge in [-0.25, -0.2) is 8.78 Å². The number of aromatic nitrogens is 2. The van der Waals surface area contributed by atoms with E-state index in [0.29, 0.717) is 11.2 Å². The molecular formula is C21H23F2N5O3. The number of amides is 2. The number of hydrogen-bond donors (Lipinski definition) is 2. The van der Waals surface area contributed by atoms with E-state index in [9.17, 15) is 18.4 Å². The maximum atomic E-state index is 13.9. The molecule has 2 N–H and O–H groups in total. The first-order chi connectivity index (χ1) is 14.7. The minimum absolute atomic E-state index is 0.109. The van der Waals surface area contributed by atoms with Crippen LogP contribution in [0, 0.1) is 25.5 Å². The fraction of sp³-hybridized carbons (Fsp3) is 0.286. The molecule has 0 aliphatic carbocycles. The molecule has 0 saturated carbocycles. The number of fused-ring (bicyclic) bond motifs is 1. The second-order valence-corrected chi connectivity index (χ2v) is 7.36. The molecule has 2 heterocycles. The number of carbonyl (C=O) groups excluding carboxylic acids is 2. The molecule has 2 aromatic heterocycles. The zero-order valence-corrected chi connectivity index (χ0v) is 17.6. The second kappa shape index (κ2) is 9.09. The number of nitrogens with one attached hydrogen (secondary N) is 2. The van der Waals surface area contributed by atoms with Crippen LogP contribution >= 0.6 is 0 Å². The largest absolute Gasteiger partial charge is 0.473 e. The minimum atomic E-state index is -0.714. The maximum Gasteiger partial charge on any atom is 0.273 e. The average Bonchev–Trinajstić information content (AvgIpc) is 3.01. The molecule has 0 radical (unpaired) electrons. The monoisotopic (exact) mass is 431 g/mol. The van der Waals surface area contributed by atoms with Gasteiger partial charge < -0.3 is 9.64 Å². The van der Waals surface area contributed by atoms with Gasteiger partial charge in [0.25, 0.3) is 11.8 Å². The van der Waals surface area contributed by atoms with Crippen LogP contribution in [-0.2, 0) is 11.4 Å². The molecule has 0 spiro atoms. The average molecular weight is 431 g/mol. The van der Waals surface area contributed by atoms with Gasteiger partial charge >= 0.3 is 0 Å². The molecule has 0 aliphatic heterocycles. The van der Waals surface area contributed by atoms with E-state index < -0.39 is 17.5 Å². The summed E-state index contributed by atoms with van der Waals surface area (Å²) in [5.74, 6) is -2.13. The summed E-state index contributed by atoms with van der Waals surface area (Å²) >= 11 is 0. The number of carbonyl (C=O) groups is 2. The minimum Gasteiger partial charge on any atom is -0.473 e. The quantitative estimate of drug-likeness (QED) is 0.584. The van der Waals surface area contributed by atoms with Crippen molar-refractivity contribution in [2.24, 2.45) is 0 Å². The zero-order valence-electron chi connectivity index (χ0n) is 17.6. The van der Waals surface area contributed by atoms with Crippen molar-refractivity contribution in [1.29, 1.82) is 0 Å². The Balaban J connectivity index is 1.87. The molecule has 0 atom stereocenters. The molecule has 164 valence electrons. The van der Waals surface area contributed by atoms with Gasteiger partial charge in [-0.3, -0.25) is 20.4 Å². The third-order valence-electron chi connectivity index (χ3n) is 4.45. The highest BCUT2D eigenvalue weighted by molar-refractivity contribution is 6.02. The Labute approximate surface area is 177 Å². The Kier molecular flexibility index (Phi) is 6.50. The molecule has 0 saturated heterocycles. The van der Waals surface area contributed by atoms with Crippen LogP contribution in [0.3, 0.4) is 0 Å². The number of pyridine rings is 1. The van der Waals surface area contributed by atoms with Crippen molar-refractivity contribution in [3.8, 4) is 5.88 Å². The smallest absolute Gasteiger partial charge is 0.273 e. The zero-order chi connectivity index (χ0) is 22.7. The van der Waals surface area contributed by atoms with Crippen molar-refractivity contribution in [3.63, 3.8) is 0 Å². The predicted molar refractivity (Wildman–Crippen MR) is 110 cm³/mol. The van der Waals surface area contributed by atoms with E-state index in [1.54, 1.807) is 45.0 Å². The Hall–Kier alpha value is -3.53. The number of likely N-dealkylation sites (N-methyl/N-ethyl adjacent to an activating group) is 1. The maximum absolute atomic E-state index is 13.9. The van der Waals surface area contributed by atoms with Gasteiger partial charge in [0.1, 0.15) is 18.2 Å². The summed E-state index contributed by atoms with van der Waals surface area (Å²) in [5, 5.41) is 4.33. The first-order valence-electron chi connectivity index (χ1n) is 9.47. The Morgan fingerprint density at radius 1 is 1.13 bits per heavy atom. The highest BCUT2D eigenvalue weighted by Gasteiger charge is 2.21. The number of hydrazine groups is 1. The summed E-state index contributed by atoms with van der Waals surface area (Å²) in [6.07, 6.45) is 0. The number of nitrogens with zero attached hydrogens (tertiary/aromatic N) is 3. The molecule has 0 unspecified atom stereocenters. The molecule has 0 aliphatic rings. The second-order valence-electron chi connectivity index (χ2n) is 7.36. The summed E-state index contributed by atoms with van der Waals surface area (Å²) in [6, 6.07) is 6.96. The van der Waals surface area contributed by atoms with E-state index in [-0.39, 0.29) is 36.1 Å². The van der Waals surface area contributed by atoms with Crippen molar-refractivity contribution in [3.05, 3.63) is 64.4 Å². The van der Waals surface area contributed by atoms with E-state index in [1.807, 2.05) is 0 Å². The molecule has 8 nitrogen and oxygen atoms in total. The highest BCUT2D eigenvalue weighted by Crippen LogP contribution is 2.24.